The smallest absolute Gasteiger partial charge is 0.233 e. The van der Waals surface area contributed by atoms with Crippen molar-refractivity contribution in [3.63, 3.8) is 0 Å². The zero-order valence-corrected chi connectivity index (χ0v) is 11.0. The van der Waals surface area contributed by atoms with Crippen molar-refractivity contribution in [1.29, 1.82) is 0 Å². The summed E-state index contributed by atoms with van der Waals surface area (Å²) >= 11 is 11.5. The average molecular weight is 283 g/mol. The zero-order chi connectivity index (χ0) is 12.2. The Morgan fingerprint density at radius 1 is 1.19 bits per heavy atom. The molecule has 0 amide bonds. The summed E-state index contributed by atoms with van der Waals surface area (Å²) in [5, 5.41) is 3.54. The molecule has 1 aromatic carbocycles. The van der Waals surface area contributed by atoms with Crippen LogP contribution in [0.1, 0.15) is 0 Å². The molecule has 0 atom stereocenters. The maximum Gasteiger partial charge on any atom is 0.233 e. The van der Waals surface area contributed by atoms with E-state index in [1.165, 1.54) is 18.2 Å². The minimum atomic E-state index is -3.36. The van der Waals surface area contributed by atoms with Gasteiger partial charge in [0, 0.05) is 16.6 Å². The minimum absolute atomic E-state index is 0.00632. The van der Waals surface area contributed by atoms with E-state index in [9.17, 15) is 8.42 Å². The van der Waals surface area contributed by atoms with E-state index in [0.29, 0.717) is 22.3 Å². The summed E-state index contributed by atoms with van der Waals surface area (Å²) in [6, 6.07) is 4.54. The van der Waals surface area contributed by atoms with Crippen molar-refractivity contribution < 1.29 is 8.42 Å². The van der Waals surface area contributed by atoms with Crippen LogP contribution in [0.3, 0.4) is 0 Å². The van der Waals surface area contributed by atoms with Crippen molar-refractivity contribution in [2.24, 2.45) is 0 Å². The summed E-state index contributed by atoms with van der Waals surface area (Å²) in [5.41, 5.74) is 0.369. The van der Waals surface area contributed by atoms with Crippen molar-refractivity contribution in [2.45, 2.75) is 0 Å². The Labute approximate surface area is 105 Å². The first-order valence-corrected chi connectivity index (χ1v) is 6.95. The van der Waals surface area contributed by atoms with Gasteiger partial charge in [0.05, 0.1) is 11.4 Å². The third-order valence-corrected chi connectivity index (χ3v) is 3.48. The third kappa shape index (κ3) is 4.57. The van der Waals surface area contributed by atoms with E-state index in [4.69, 9.17) is 23.2 Å². The number of rotatable bonds is 5. The molecule has 0 aliphatic rings. The fourth-order valence-electron chi connectivity index (χ4n) is 1.08. The Kier molecular flexibility index (Phi) is 4.86. The van der Waals surface area contributed by atoms with Crippen LogP contribution in [-0.2, 0) is 10.0 Å². The Morgan fingerprint density at radius 2 is 1.75 bits per heavy atom. The number of nitrogens with one attached hydrogen (secondary N) is 2. The normalized spacial score (nSPS) is 11.4. The van der Waals surface area contributed by atoms with E-state index < -0.39 is 10.0 Å². The summed E-state index contributed by atoms with van der Waals surface area (Å²) in [4.78, 5) is 0. The first-order chi connectivity index (χ1) is 7.43. The highest BCUT2D eigenvalue weighted by Gasteiger charge is 2.10. The minimum Gasteiger partial charge on any atom is -0.319 e. The van der Waals surface area contributed by atoms with Crippen LogP contribution in [0.25, 0.3) is 0 Å². The van der Waals surface area contributed by atoms with Gasteiger partial charge < -0.3 is 5.32 Å². The summed E-state index contributed by atoms with van der Waals surface area (Å²) in [6.45, 7) is 0.379. The molecule has 0 saturated carbocycles. The van der Waals surface area contributed by atoms with Gasteiger partial charge in [-0.05, 0) is 25.2 Å². The average Bonchev–Trinajstić information content (AvgIpc) is 2.12. The van der Waals surface area contributed by atoms with E-state index in [1.54, 1.807) is 7.05 Å². The second-order valence-electron chi connectivity index (χ2n) is 3.18. The van der Waals surface area contributed by atoms with Gasteiger partial charge in [-0.3, -0.25) is 4.72 Å². The van der Waals surface area contributed by atoms with Crippen molar-refractivity contribution in [2.75, 3.05) is 24.1 Å². The Morgan fingerprint density at radius 3 is 2.25 bits per heavy atom. The summed E-state index contributed by atoms with van der Waals surface area (Å²) in [7, 11) is -1.67. The van der Waals surface area contributed by atoms with Gasteiger partial charge in [-0.15, -0.1) is 0 Å². The van der Waals surface area contributed by atoms with Crippen molar-refractivity contribution in [1.82, 2.24) is 5.32 Å². The van der Waals surface area contributed by atoms with Gasteiger partial charge in [0.15, 0.2) is 0 Å². The van der Waals surface area contributed by atoms with E-state index >= 15 is 0 Å². The maximum atomic E-state index is 11.5. The molecule has 0 spiro atoms. The van der Waals surface area contributed by atoms with Gasteiger partial charge in [-0.25, -0.2) is 8.42 Å². The molecule has 90 valence electrons. The number of hydrogen-bond donors (Lipinski definition) is 2. The Bertz CT molecular complexity index is 442. The molecule has 0 heterocycles. The second-order valence-corrected chi connectivity index (χ2v) is 5.90. The largest absolute Gasteiger partial charge is 0.319 e. The molecule has 1 rings (SSSR count). The lowest BCUT2D eigenvalue weighted by atomic mass is 10.3. The summed E-state index contributed by atoms with van der Waals surface area (Å²) in [6.07, 6.45) is 0. The Hall–Kier alpha value is -0.490. The number of sulfonamides is 1. The highest BCUT2D eigenvalue weighted by Crippen LogP contribution is 2.23. The van der Waals surface area contributed by atoms with Crippen LogP contribution >= 0.6 is 23.2 Å². The van der Waals surface area contributed by atoms with Gasteiger partial charge >= 0.3 is 0 Å². The quantitative estimate of drug-likeness (QED) is 0.868. The fourth-order valence-corrected chi connectivity index (χ4v) is 2.66. The van der Waals surface area contributed by atoms with Gasteiger partial charge in [0.2, 0.25) is 10.0 Å². The number of anilines is 1. The van der Waals surface area contributed by atoms with Gasteiger partial charge in [-0.2, -0.15) is 0 Å². The predicted octanol–water partition coefficient (Wildman–Crippen LogP) is 1.95. The van der Waals surface area contributed by atoms with E-state index in [-0.39, 0.29) is 5.75 Å². The van der Waals surface area contributed by atoms with Crippen molar-refractivity contribution in [3.8, 4) is 0 Å². The molecule has 4 nitrogen and oxygen atoms in total. The highest BCUT2D eigenvalue weighted by molar-refractivity contribution is 7.92. The van der Waals surface area contributed by atoms with E-state index in [1.807, 2.05) is 0 Å². The lowest BCUT2D eigenvalue weighted by Crippen LogP contribution is -2.24. The molecule has 0 aliphatic heterocycles. The molecule has 2 N–H and O–H groups in total. The molecular formula is C9H12Cl2N2O2S. The predicted molar refractivity (Wildman–Crippen MR) is 67.8 cm³/mol. The maximum absolute atomic E-state index is 11.5. The summed E-state index contributed by atoms with van der Waals surface area (Å²) in [5.74, 6) is -0.00632. The number of halogens is 2. The van der Waals surface area contributed by atoms with Crippen molar-refractivity contribution >= 4 is 38.9 Å². The lowest BCUT2D eigenvalue weighted by Gasteiger charge is -2.08. The monoisotopic (exact) mass is 282 g/mol. The zero-order valence-electron chi connectivity index (χ0n) is 8.63. The number of hydrogen-bond acceptors (Lipinski definition) is 3. The van der Waals surface area contributed by atoms with Crippen LogP contribution in [-0.4, -0.2) is 27.8 Å². The topological polar surface area (TPSA) is 58.2 Å². The summed E-state index contributed by atoms with van der Waals surface area (Å²) < 4.78 is 25.5. The van der Waals surface area contributed by atoms with Gasteiger partial charge in [0.25, 0.3) is 0 Å². The van der Waals surface area contributed by atoms with E-state index in [0.717, 1.165) is 0 Å². The Balaban J connectivity index is 2.80. The first kappa shape index (κ1) is 13.6. The van der Waals surface area contributed by atoms with Gasteiger partial charge in [0.1, 0.15) is 0 Å². The molecule has 0 radical (unpaired) electrons. The number of benzene rings is 1. The van der Waals surface area contributed by atoms with Crippen LogP contribution in [0.2, 0.25) is 10.0 Å². The standard InChI is InChI=1S/C9H12Cl2N2O2S/c1-12-2-3-16(14,15)13-9-5-7(10)4-8(11)6-9/h4-6,12-13H,2-3H2,1H3. The molecule has 0 unspecified atom stereocenters. The molecule has 7 heteroatoms. The van der Waals surface area contributed by atoms with Crippen LogP contribution in [0, 0.1) is 0 Å². The fraction of sp³-hybridized carbons (Fsp3) is 0.333. The molecule has 1 aromatic rings. The molecule has 16 heavy (non-hydrogen) atoms. The van der Waals surface area contributed by atoms with Crippen LogP contribution in [0.15, 0.2) is 18.2 Å². The molecule has 0 aliphatic carbocycles. The second kappa shape index (κ2) is 5.72. The van der Waals surface area contributed by atoms with Crippen molar-refractivity contribution in [3.05, 3.63) is 28.2 Å². The van der Waals surface area contributed by atoms with Gasteiger partial charge in [-0.1, -0.05) is 23.2 Å². The molecular weight excluding hydrogens is 271 g/mol. The molecule has 0 fully saturated rings. The highest BCUT2D eigenvalue weighted by atomic mass is 35.5. The SMILES string of the molecule is CNCCS(=O)(=O)Nc1cc(Cl)cc(Cl)c1. The lowest BCUT2D eigenvalue weighted by molar-refractivity contribution is 0.599. The van der Waals surface area contributed by atoms with Crippen LogP contribution in [0.4, 0.5) is 5.69 Å². The molecule has 0 bridgehead atoms. The molecule has 0 aromatic heterocycles. The van der Waals surface area contributed by atoms with Crippen LogP contribution < -0.4 is 10.0 Å². The third-order valence-electron chi connectivity index (χ3n) is 1.76. The molecule has 0 saturated heterocycles. The van der Waals surface area contributed by atoms with Crippen LogP contribution in [0.5, 0.6) is 0 Å². The first-order valence-electron chi connectivity index (χ1n) is 4.54. The van der Waals surface area contributed by atoms with E-state index in [2.05, 4.69) is 10.0 Å².